The Morgan fingerprint density at radius 2 is 2.22 bits per heavy atom. The maximum absolute atomic E-state index is 11.8. The fourth-order valence-electron chi connectivity index (χ4n) is 1.98. The Kier molecular flexibility index (Phi) is 2.95. The predicted octanol–water partition coefficient (Wildman–Crippen LogP) is 1.83. The topological polar surface area (TPSA) is 58.2 Å². The third kappa shape index (κ3) is 1.90. The highest BCUT2D eigenvalue weighted by molar-refractivity contribution is 6.07. The number of hydrogen-bond acceptors (Lipinski definition) is 2. The Morgan fingerprint density at radius 1 is 1.50 bits per heavy atom. The Labute approximate surface area is 106 Å². The van der Waals surface area contributed by atoms with Gasteiger partial charge in [0.2, 0.25) is 5.91 Å². The van der Waals surface area contributed by atoms with Gasteiger partial charge in [-0.05, 0) is 37.6 Å². The summed E-state index contributed by atoms with van der Waals surface area (Å²) in [6.07, 6.45) is 1.63. The van der Waals surface area contributed by atoms with Crippen LogP contribution < -0.4 is 10.6 Å². The second-order valence-corrected chi connectivity index (χ2v) is 4.84. The lowest BCUT2D eigenvalue weighted by molar-refractivity contribution is -0.119. The number of carbonyl (C=O) groups is 2. The third-order valence-corrected chi connectivity index (χ3v) is 3.18. The van der Waals surface area contributed by atoms with Crippen LogP contribution in [-0.2, 0) is 10.2 Å². The molecule has 4 heteroatoms. The van der Waals surface area contributed by atoms with Gasteiger partial charge in [-0.25, -0.2) is 0 Å². The van der Waals surface area contributed by atoms with E-state index >= 15 is 0 Å². The molecule has 18 heavy (non-hydrogen) atoms. The van der Waals surface area contributed by atoms with Crippen LogP contribution in [-0.4, -0.2) is 18.4 Å². The molecule has 1 aliphatic rings. The van der Waals surface area contributed by atoms with Gasteiger partial charge < -0.3 is 10.6 Å². The molecule has 0 unspecified atom stereocenters. The molecule has 1 aromatic rings. The lowest BCUT2D eigenvalue weighted by Crippen LogP contribution is -2.27. The molecule has 0 aromatic heterocycles. The number of amides is 2. The van der Waals surface area contributed by atoms with Crippen molar-refractivity contribution in [1.82, 2.24) is 5.32 Å². The largest absolute Gasteiger partial charge is 0.349 e. The van der Waals surface area contributed by atoms with E-state index in [-0.39, 0.29) is 11.8 Å². The van der Waals surface area contributed by atoms with Crippen LogP contribution in [0.15, 0.2) is 30.9 Å². The molecular weight excluding hydrogens is 228 g/mol. The summed E-state index contributed by atoms with van der Waals surface area (Å²) in [6, 6.07) is 5.25. The average molecular weight is 244 g/mol. The van der Waals surface area contributed by atoms with Gasteiger partial charge in [0.15, 0.2) is 0 Å². The summed E-state index contributed by atoms with van der Waals surface area (Å²) in [6.45, 7) is 7.67. The fourth-order valence-corrected chi connectivity index (χ4v) is 1.98. The van der Waals surface area contributed by atoms with Gasteiger partial charge in [-0.3, -0.25) is 9.59 Å². The Hall–Kier alpha value is -2.10. The van der Waals surface area contributed by atoms with Crippen molar-refractivity contribution >= 4 is 17.5 Å². The minimum atomic E-state index is -0.593. The quantitative estimate of drug-likeness (QED) is 0.797. The minimum Gasteiger partial charge on any atom is -0.349 e. The smallest absolute Gasteiger partial charge is 0.251 e. The number of anilines is 1. The molecule has 94 valence electrons. The Bertz CT molecular complexity index is 533. The first-order valence-corrected chi connectivity index (χ1v) is 5.82. The molecule has 0 aliphatic carbocycles. The molecular formula is C14H16N2O2. The summed E-state index contributed by atoms with van der Waals surface area (Å²) in [5.41, 5.74) is 1.61. The first-order valence-electron chi connectivity index (χ1n) is 5.82. The second-order valence-electron chi connectivity index (χ2n) is 4.84. The van der Waals surface area contributed by atoms with Crippen molar-refractivity contribution in [2.75, 3.05) is 11.9 Å². The number of hydrogen-bond donors (Lipinski definition) is 2. The van der Waals surface area contributed by atoms with E-state index in [1.807, 2.05) is 13.8 Å². The van der Waals surface area contributed by atoms with Crippen molar-refractivity contribution < 1.29 is 9.59 Å². The van der Waals surface area contributed by atoms with Crippen LogP contribution in [0.3, 0.4) is 0 Å². The molecule has 2 N–H and O–H groups in total. The number of nitrogens with one attached hydrogen (secondary N) is 2. The van der Waals surface area contributed by atoms with Crippen LogP contribution in [0.25, 0.3) is 0 Å². The van der Waals surface area contributed by atoms with E-state index in [2.05, 4.69) is 17.2 Å². The highest BCUT2D eigenvalue weighted by Crippen LogP contribution is 2.37. The van der Waals surface area contributed by atoms with Crippen LogP contribution in [0.4, 0.5) is 5.69 Å². The van der Waals surface area contributed by atoms with E-state index in [0.717, 1.165) is 11.3 Å². The Balaban J connectivity index is 2.34. The van der Waals surface area contributed by atoms with Gasteiger partial charge in [0.1, 0.15) is 0 Å². The Morgan fingerprint density at radius 3 is 2.89 bits per heavy atom. The highest BCUT2D eigenvalue weighted by atomic mass is 16.2. The van der Waals surface area contributed by atoms with Gasteiger partial charge in [-0.1, -0.05) is 6.08 Å². The summed E-state index contributed by atoms with van der Waals surface area (Å²) in [5.74, 6) is -0.200. The van der Waals surface area contributed by atoms with Crippen LogP contribution in [0.1, 0.15) is 29.8 Å². The SMILES string of the molecule is C=CCNC(=O)c1ccc2c(c1)C(C)(C)C(=O)N2. The molecule has 0 bridgehead atoms. The van der Waals surface area contributed by atoms with Crippen molar-refractivity contribution in [3.63, 3.8) is 0 Å². The maximum Gasteiger partial charge on any atom is 0.251 e. The van der Waals surface area contributed by atoms with Crippen molar-refractivity contribution in [3.05, 3.63) is 42.0 Å². The zero-order valence-corrected chi connectivity index (χ0v) is 10.5. The van der Waals surface area contributed by atoms with Crippen molar-refractivity contribution in [3.8, 4) is 0 Å². The second kappa shape index (κ2) is 4.29. The molecule has 0 radical (unpaired) electrons. The lowest BCUT2D eigenvalue weighted by Gasteiger charge is -2.15. The predicted molar refractivity (Wildman–Crippen MR) is 70.6 cm³/mol. The van der Waals surface area contributed by atoms with Gasteiger partial charge >= 0.3 is 0 Å². The minimum absolute atomic E-state index is 0.0406. The molecule has 0 fully saturated rings. The molecule has 1 heterocycles. The highest BCUT2D eigenvalue weighted by Gasteiger charge is 2.38. The van der Waals surface area contributed by atoms with E-state index in [9.17, 15) is 9.59 Å². The molecule has 0 atom stereocenters. The van der Waals surface area contributed by atoms with E-state index in [1.165, 1.54) is 0 Å². The first kappa shape index (κ1) is 12.4. The van der Waals surface area contributed by atoms with E-state index in [4.69, 9.17) is 0 Å². The summed E-state index contributed by atoms with van der Waals surface area (Å²) < 4.78 is 0. The number of carbonyl (C=O) groups excluding carboxylic acids is 2. The van der Waals surface area contributed by atoms with Gasteiger partial charge in [0.05, 0.1) is 5.41 Å². The molecule has 0 saturated heterocycles. The average Bonchev–Trinajstić information content (AvgIpc) is 2.57. The van der Waals surface area contributed by atoms with Crippen LogP contribution in [0.5, 0.6) is 0 Å². The zero-order valence-electron chi connectivity index (χ0n) is 10.5. The fraction of sp³-hybridized carbons (Fsp3) is 0.286. The van der Waals surface area contributed by atoms with Gasteiger partial charge in [-0.2, -0.15) is 0 Å². The van der Waals surface area contributed by atoms with Crippen LogP contribution >= 0.6 is 0 Å². The molecule has 2 rings (SSSR count). The molecule has 0 saturated carbocycles. The molecule has 1 aliphatic heterocycles. The number of benzene rings is 1. The maximum atomic E-state index is 11.8. The van der Waals surface area contributed by atoms with Gasteiger partial charge in [-0.15, -0.1) is 6.58 Å². The zero-order chi connectivity index (χ0) is 13.3. The van der Waals surface area contributed by atoms with Gasteiger partial charge in [0, 0.05) is 17.8 Å². The molecule has 1 aromatic carbocycles. The molecule has 2 amide bonds. The van der Waals surface area contributed by atoms with Crippen molar-refractivity contribution in [1.29, 1.82) is 0 Å². The third-order valence-electron chi connectivity index (χ3n) is 3.18. The van der Waals surface area contributed by atoms with Crippen molar-refractivity contribution in [2.24, 2.45) is 0 Å². The van der Waals surface area contributed by atoms with Gasteiger partial charge in [0.25, 0.3) is 5.91 Å². The monoisotopic (exact) mass is 244 g/mol. The normalized spacial score (nSPS) is 15.8. The molecule has 0 spiro atoms. The summed E-state index contributed by atoms with van der Waals surface area (Å²) in [7, 11) is 0. The van der Waals surface area contributed by atoms with Crippen molar-refractivity contribution in [2.45, 2.75) is 19.3 Å². The van der Waals surface area contributed by atoms with Crippen LogP contribution in [0, 0.1) is 0 Å². The lowest BCUT2D eigenvalue weighted by atomic mass is 9.85. The molecule has 4 nitrogen and oxygen atoms in total. The van der Waals surface area contributed by atoms with E-state index in [1.54, 1.807) is 24.3 Å². The van der Waals surface area contributed by atoms with E-state index < -0.39 is 5.41 Å². The summed E-state index contributed by atoms with van der Waals surface area (Å²) >= 11 is 0. The first-order chi connectivity index (χ1) is 8.46. The number of fused-ring (bicyclic) bond motifs is 1. The van der Waals surface area contributed by atoms with Crippen LogP contribution in [0.2, 0.25) is 0 Å². The standard InChI is InChI=1S/C14H16N2O2/c1-4-7-15-12(17)9-5-6-11-10(8-9)14(2,3)13(18)16-11/h4-6,8H,1,7H2,2-3H3,(H,15,17)(H,16,18). The summed E-state index contributed by atoms with van der Waals surface area (Å²) in [4.78, 5) is 23.6. The number of rotatable bonds is 3. The van der Waals surface area contributed by atoms with E-state index in [0.29, 0.717) is 12.1 Å². The summed E-state index contributed by atoms with van der Waals surface area (Å²) in [5, 5.41) is 5.53.